The number of nitrogens with zero attached hydrogens (tertiary/aromatic N) is 3. The minimum Gasteiger partial charge on any atom is -0.465 e. The number of carbonyl (C=O) groups is 1. The Hall–Kier alpha value is -3.71. The standard InChI is InChI=1S/C22H17ClN4O3/c1-30-22(29)16-7-8-17-19(10-16)25-20(26-21(17)28)18(23)9-15-11-24-27(13-15)12-14-5-3-2-4-6-14/h2-11,13H,12H2,1H3,(H,25,26,28)/b18-9-. The molecule has 30 heavy (non-hydrogen) atoms. The van der Waals surface area contributed by atoms with Crippen molar-refractivity contribution in [3.63, 3.8) is 0 Å². The first kappa shape index (κ1) is 19.6. The molecule has 2 heterocycles. The van der Waals surface area contributed by atoms with E-state index in [0.29, 0.717) is 23.0 Å². The van der Waals surface area contributed by atoms with Crippen LogP contribution in [0.3, 0.4) is 0 Å². The van der Waals surface area contributed by atoms with Gasteiger partial charge in [-0.15, -0.1) is 0 Å². The van der Waals surface area contributed by atoms with Gasteiger partial charge >= 0.3 is 5.97 Å². The molecule has 4 aromatic rings. The largest absolute Gasteiger partial charge is 0.465 e. The fraction of sp³-hybridized carbons (Fsp3) is 0.0909. The number of rotatable bonds is 5. The normalized spacial score (nSPS) is 11.6. The van der Waals surface area contributed by atoms with Crippen molar-refractivity contribution in [2.45, 2.75) is 6.54 Å². The molecule has 0 atom stereocenters. The van der Waals surface area contributed by atoms with Crippen LogP contribution in [-0.2, 0) is 11.3 Å². The molecular weight excluding hydrogens is 404 g/mol. The summed E-state index contributed by atoms with van der Waals surface area (Å²) in [6.07, 6.45) is 5.20. The molecule has 0 radical (unpaired) electrons. The van der Waals surface area contributed by atoms with Gasteiger partial charge in [-0.2, -0.15) is 5.10 Å². The Morgan fingerprint density at radius 3 is 2.80 bits per heavy atom. The first-order valence-corrected chi connectivity index (χ1v) is 9.47. The van der Waals surface area contributed by atoms with E-state index in [1.54, 1.807) is 17.0 Å². The number of fused-ring (bicyclic) bond motifs is 1. The Morgan fingerprint density at radius 2 is 2.03 bits per heavy atom. The molecule has 0 amide bonds. The second-order valence-electron chi connectivity index (χ2n) is 6.59. The van der Waals surface area contributed by atoms with Gasteiger partial charge in [0.15, 0.2) is 5.82 Å². The summed E-state index contributed by atoms with van der Waals surface area (Å²) in [5.41, 5.74) is 2.20. The summed E-state index contributed by atoms with van der Waals surface area (Å²) >= 11 is 6.41. The number of ether oxygens (including phenoxy) is 1. The zero-order chi connectivity index (χ0) is 21.1. The maximum Gasteiger partial charge on any atom is 0.337 e. The van der Waals surface area contributed by atoms with Crippen molar-refractivity contribution in [1.82, 2.24) is 19.7 Å². The Morgan fingerprint density at radius 1 is 1.23 bits per heavy atom. The minimum absolute atomic E-state index is 0.201. The molecule has 0 aliphatic heterocycles. The fourth-order valence-corrected chi connectivity index (χ4v) is 3.24. The number of hydrogen-bond donors (Lipinski definition) is 1. The molecule has 0 spiro atoms. The van der Waals surface area contributed by atoms with E-state index >= 15 is 0 Å². The summed E-state index contributed by atoms with van der Waals surface area (Å²) in [6.45, 7) is 0.633. The van der Waals surface area contributed by atoms with E-state index in [2.05, 4.69) is 15.1 Å². The van der Waals surface area contributed by atoms with E-state index in [-0.39, 0.29) is 16.4 Å². The number of halogens is 1. The van der Waals surface area contributed by atoms with Crippen LogP contribution in [0, 0.1) is 0 Å². The summed E-state index contributed by atoms with van der Waals surface area (Å²) in [4.78, 5) is 31.2. The number of benzene rings is 2. The number of methoxy groups -OCH3 is 1. The molecule has 0 unspecified atom stereocenters. The molecule has 1 N–H and O–H groups in total. The van der Waals surface area contributed by atoms with Crippen LogP contribution in [0.4, 0.5) is 0 Å². The van der Waals surface area contributed by atoms with Crippen molar-refractivity contribution in [2.24, 2.45) is 0 Å². The van der Waals surface area contributed by atoms with Crippen molar-refractivity contribution < 1.29 is 9.53 Å². The third-order valence-corrected chi connectivity index (χ3v) is 4.78. The molecule has 7 nitrogen and oxygen atoms in total. The minimum atomic E-state index is -0.506. The fourth-order valence-electron chi connectivity index (χ4n) is 3.02. The highest BCUT2D eigenvalue weighted by atomic mass is 35.5. The number of nitrogens with one attached hydrogen (secondary N) is 1. The SMILES string of the molecule is COC(=O)c1ccc2c(=O)[nH]c(/C(Cl)=C/c3cnn(Cc4ccccc4)c3)nc2c1. The summed E-state index contributed by atoms with van der Waals surface area (Å²) in [6, 6.07) is 14.5. The lowest BCUT2D eigenvalue weighted by Gasteiger charge is -2.04. The highest BCUT2D eigenvalue weighted by Crippen LogP contribution is 2.20. The molecule has 150 valence electrons. The topological polar surface area (TPSA) is 89.9 Å². The van der Waals surface area contributed by atoms with Crippen molar-refractivity contribution in [3.05, 3.63) is 93.8 Å². The Kier molecular flexibility index (Phi) is 5.45. The third kappa shape index (κ3) is 4.16. The van der Waals surface area contributed by atoms with E-state index in [0.717, 1.165) is 11.1 Å². The highest BCUT2D eigenvalue weighted by Gasteiger charge is 2.11. The molecule has 0 bridgehead atoms. The molecule has 0 saturated carbocycles. The average Bonchev–Trinajstić information content (AvgIpc) is 3.20. The molecule has 4 rings (SSSR count). The van der Waals surface area contributed by atoms with Crippen LogP contribution < -0.4 is 5.56 Å². The quantitative estimate of drug-likeness (QED) is 0.497. The summed E-state index contributed by atoms with van der Waals surface area (Å²) in [5, 5.41) is 4.94. The number of aromatic nitrogens is 4. The summed E-state index contributed by atoms with van der Waals surface area (Å²) in [7, 11) is 1.29. The first-order chi connectivity index (χ1) is 14.5. The van der Waals surface area contributed by atoms with Gasteiger partial charge in [0.05, 0.1) is 41.4 Å². The Bertz CT molecular complexity index is 1310. The lowest BCUT2D eigenvalue weighted by molar-refractivity contribution is 0.0601. The van der Waals surface area contributed by atoms with Crippen molar-refractivity contribution in [1.29, 1.82) is 0 Å². The number of esters is 1. The molecule has 2 aromatic heterocycles. The lowest BCUT2D eigenvalue weighted by Crippen LogP contribution is -2.11. The zero-order valence-electron chi connectivity index (χ0n) is 16.0. The van der Waals surface area contributed by atoms with Gasteiger partial charge in [-0.1, -0.05) is 41.9 Å². The molecular formula is C22H17ClN4O3. The van der Waals surface area contributed by atoms with Crippen LogP contribution in [0.5, 0.6) is 0 Å². The molecule has 0 saturated heterocycles. The molecule has 8 heteroatoms. The number of aromatic amines is 1. The van der Waals surface area contributed by atoms with Gasteiger partial charge in [0.2, 0.25) is 0 Å². The predicted octanol–water partition coefficient (Wildman–Crippen LogP) is 3.69. The zero-order valence-corrected chi connectivity index (χ0v) is 16.8. The van der Waals surface area contributed by atoms with E-state index in [1.807, 2.05) is 36.5 Å². The second-order valence-corrected chi connectivity index (χ2v) is 6.99. The van der Waals surface area contributed by atoms with Crippen LogP contribution in [0.15, 0.2) is 65.7 Å². The van der Waals surface area contributed by atoms with Gasteiger partial charge < -0.3 is 9.72 Å². The predicted molar refractivity (Wildman–Crippen MR) is 115 cm³/mol. The smallest absolute Gasteiger partial charge is 0.337 e. The highest BCUT2D eigenvalue weighted by molar-refractivity contribution is 6.50. The number of carbonyl (C=O) groups excluding carboxylic acids is 1. The van der Waals surface area contributed by atoms with Gasteiger partial charge in [0.1, 0.15) is 0 Å². The maximum atomic E-state index is 12.4. The van der Waals surface area contributed by atoms with Gasteiger partial charge in [0.25, 0.3) is 5.56 Å². The van der Waals surface area contributed by atoms with Crippen LogP contribution in [0.2, 0.25) is 0 Å². The second kappa shape index (κ2) is 8.34. The number of hydrogen-bond acceptors (Lipinski definition) is 5. The molecule has 2 aromatic carbocycles. The van der Waals surface area contributed by atoms with Crippen molar-refractivity contribution in [3.8, 4) is 0 Å². The van der Waals surface area contributed by atoms with E-state index < -0.39 is 5.97 Å². The maximum absolute atomic E-state index is 12.4. The van der Waals surface area contributed by atoms with E-state index in [4.69, 9.17) is 16.3 Å². The van der Waals surface area contributed by atoms with E-state index in [1.165, 1.54) is 25.3 Å². The third-order valence-electron chi connectivity index (χ3n) is 4.49. The van der Waals surface area contributed by atoms with Crippen LogP contribution in [-0.4, -0.2) is 32.8 Å². The van der Waals surface area contributed by atoms with Gasteiger partial charge in [-0.25, -0.2) is 9.78 Å². The van der Waals surface area contributed by atoms with Gasteiger partial charge in [-0.3, -0.25) is 9.48 Å². The van der Waals surface area contributed by atoms with E-state index in [9.17, 15) is 9.59 Å². The summed E-state index contributed by atoms with van der Waals surface area (Å²) < 4.78 is 6.51. The number of H-pyrrole nitrogens is 1. The Balaban J connectivity index is 1.64. The van der Waals surface area contributed by atoms with Gasteiger partial charge in [0, 0.05) is 11.8 Å². The average molecular weight is 421 g/mol. The monoisotopic (exact) mass is 420 g/mol. The molecule has 0 aliphatic carbocycles. The van der Waals surface area contributed by atoms with Crippen molar-refractivity contribution >= 4 is 39.6 Å². The molecule has 0 fully saturated rings. The summed E-state index contributed by atoms with van der Waals surface area (Å²) in [5.74, 6) is -0.306. The van der Waals surface area contributed by atoms with Crippen LogP contribution in [0.25, 0.3) is 22.0 Å². The van der Waals surface area contributed by atoms with Gasteiger partial charge in [-0.05, 0) is 29.8 Å². The van der Waals surface area contributed by atoms with Crippen LogP contribution >= 0.6 is 11.6 Å². The lowest BCUT2D eigenvalue weighted by atomic mass is 10.1. The molecule has 0 aliphatic rings. The first-order valence-electron chi connectivity index (χ1n) is 9.10. The van der Waals surface area contributed by atoms with Crippen molar-refractivity contribution in [2.75, 3.05) is 7.11 Å². The van der Waals surface area contributed by atoms with Crippen LogP contribution in [0.1, 0.15) is 27.3 Å². The Labute approximate surface area is 176 Å².